The van der Waals surface area contributed by atoms with Crippen molar-refractivity contribution >= 4 is 23.9 Å². The number of carbonyl (C=O) groups is 4. The van der Waals surface area contributed by atoms with Gasteiger partial charge in [0.2, 0.25) is 5.91 Å². The lowest BCUT2D eigenvalue weighted by Crippen LogP contribution is -2.56. The van der Waals surface area contributed by atoms with Gasteiger partial charge in [-0.05, 0) is 43.1 Å². The van der Waals surface area contributed by atoms with Crippen molar-refractivity contribution in [1.82, 2.24) is 34.9 Å². The number of hydrogen-bond donors (Lipinski definition) is 3. The number of aliphatic hydroxyl groups excluding tert-OH is 1. The number of aromatic nitrogens is 2. The average Bonchev–Trinajstić information content (AvgIpc) is 3.72. The predicted molar refractivity (Wildman–Crippen MR) is 210 cm³/mol. The van der Waals surface area contributed by atoms with Crippen LogP contribution in [0, 0.1) is 11.8 Å². The molecule has 55 heavy (non-hydrogen) atoms. The molecule has 1 saturated heterocycles. The molecule has 0 unspecified atom stereocenters. The molecule has 0 radical (unpaired) electrons. The number of nitrogens with zero attached hydrogens (tertiary/aromatic N) is 5. The Kier molecular flexibility index (Phi) is 17.7. The smallest absolute Gasteiger partial charge is 0.410 e. The van der Waals surface area contributed by atoms with Gasteiger partial charge in [0.05, 0.1) is 37.4 Å². The maximum Gasteiger partial charge on any atom is 0.410 e. The van der Waals surface area contributed by atoms with Crippen molar-refractivity contribution in [3.8, 4) is 0 Å². The first-order chi connectivity index (χ1) is 26.4. The number of amides is 5. The van der Waals surface area contributed by atoms with Crippen molar-refractivity contribution in [2.75, 3.05) is 60.5 Å². The number of H-pyrrole nitrogens is 1. The van der Waals surface area contributed by atoms with E-state index in [1.807, 2.05) is 30.3 Å². The SMILES string of the molecule is CC(C)CC[C@H](O)[C@H](CC1CCCCC1)NC(=O)[C@H](Cc1c[nH]cn1)N(C)C(=O)[C@H](Cc1ccccc1)OC(=O)N(C)CCCN(C)C(=O)N1CCOCC1. The largest absolute Gasteiger partial charge is 0.436 e. The number of benzene rings is 1. The minimum atomic E-state index is -1.22. The van der Waals surface area contributed by atoms with Crippen LogP contribution in [0.1, 0.15) is 82.9 Å². The molecule has 14 nitrogen and oxygen atoms in total. The van der Waals surface area contributed by atoms with Crippen LogP contribution in [-0.2, 0) is 31.9 Å². The van der Waals surface area contributed by atoms with Crippen LogP contribution in [0.3, 0.4) is 0 Å². The van der Waals surface area contributed by atoms with Crippen LogP contribution in [-0.4, -0.2) is 143 Å². The Bertz CT molecular complexity index is 1450. The number of imidazole rings is 1. The fourth-order valence-electron chi connectivity index (χ4n) is 7.41. The van der Waals surface area contributed by atoms with E-state index in [9.17, 15) is 24.3 Å². The quantitative estimate of drug-likeness (QED) is 0.189. The summed E-state index contributed by atoms with van der Waals surface area (Å²) in [5.74, 6) is -0.0949. The van der Waals surface area contributed by atoms with Gasteiger partial charge in [0.1, 0.15) is 6.04 Å². The zero-order chi connectivity index (χ0) is 39.7. The second-order valence-corrected chi connectivity index (χ2v) is 15.8. The van der Waals surface area contributed by atoms with E-state index in [1.54, 1.807) is 37.1 Å². The standard InChI is InChI=1S/C41H65N7O7/c1-30(2)17-18-36(49)34(25-31-13-8-6-9-14-31)44-38(50)35(27-33-28-42-29-43-33)47(5)39(51)37(26-32-15-10-7-11-16-32)55-41(53)46(4)20-12-19-45(3)40(52)48-21-23-54-24-22-48/h7,10-11,15-16,28-31,34-37,49H,6,8-9,12-14,17-27H2,1-5H3,(H,42,43)(H,44,50)/t34-,35-,36-,37-/m0/s1. The summed E-state index contributed by atoms with van der Waals surface area (Å²) in [5, 5.41) is 14.6. The number of aromatic amines is 1. The first-order valence-corrected chi connectivity index (χ1v) is 20.2. The third-order valence-corrected chi connectivity index (χ3v) is 10.9. The van der Waals surface area contributed by atoms with Gasteiger partial charge in [0.15, 0.2) is 6.10 Å². The second kappa shape index (κ2) is 22.4. The van der Waals surface area contributed by atoms with Gasteiger partial charge in [0, 0.05) is 66.4 Å². The molecule has 3 N–H and O–H groups in total. The lowest BCUT2D eigenvalue weighted by Gasteiger charge is -2.34. The Morgan fingerprint density at radius 1 is 0.982 bits per heavy atom. The molecule has 1 aliphatic carbocycles. The summed E-state index contributed by atoms with van der Waals surface area (Å²) in [5.41, 5.74) is 1.39. The van der Waals surface area contributed by atoms with Crippen molar-refractivity contribution in [3.05, 3.63) is 54.1 Å². The van der Waals surface area contributed by atoms with Gasteiger partial charge in [0.25, 0.3) is 5.91 Å². The normalized spacial score (nSPS) is 17.2. The van der Waals surface area contributed by atoms with E-state index in [1.165, 1.54) is 22.5 Å². The van der Waals surface area contributed by atoms with Gasteiger partial charge in [-0.25, -0.2) is 14.6 Å². The minimum Gasteiger partial charge on any atom is -0.436 e. The molecule has 1 aromatic heterocycles. The van der Waals surface area contributed by atoms with E-state index in [-0.39, 0.29) is 24.8 Å². The monoisotopic (exact) mass is 767 g/mol. The van der Waals surface area contributed by atoms with Crippen LogP contribution >= 0.6 is 0 Å². The molecule has 4 rings (SSSR count). The molecule has 0 spiro atoms. The first-order valence-electron chi connectivity index (χ1n) is 20.2. The second-order valence-electron chi connectivity index (χ2n) is 15.8. The van der Waals surface area contributed by atoms with E-state index < -0.39 is 36.3 Å². The lowest BCUT2D eigenvalue weighted by molar-refractivity contribution is -0.146. The number of morpholine rings is 1. The molecule has 2 heterocycles. The van der Waals surface area contributed by atoms with E-state index in [4.69, 9.17) is 9.47 Å². The molecule has 0 bridgehead atoms. The molecule has 14 heteroatoms. The number of ether oxygens (including phenoxy) is 2. The number of rotatable bonds is 19. The third kappa shape index (κ3) is 14.1. The molecule has 4 atom stereocenters. The topological polar surface area (TPSA) is 161 Å². The van der Waals surface area contributed by atoms with Gasteiger partial charge in [-0.15, -0.1) is 0 Å². The number of carbonyl (C=O) groups excluding carboxylic acids is 4. The Morgan fingerprint density at radius 2 is 1.67 bits per heavy atom. The molecule has 306 valence electrons. The summed E-state index contributed by atoms with van der Waals surface area (Å²) in [4.78, 5) is 68.5. The van der Waals surface area contributed by atoms with Crippen molar-refractivity contribution in [2.24, 2.45) is 11.8 Å². The first kappa shape index (κ1) is 43.6. The van der Waals surface area contributed by atoms with Gasteiger partial charge in [-0.1, -0.05) is 76.3 Å². The zero-order valence-electron chi connectivity index (χ0n) is 33.7. The van der Waals surface area contributed by atoms with E-state index >= 15 is 0 Å². The minimum absolute atomic E-state index is 0.0797. The van der Waals surface area contributed by atoms with Gasteiger partial charge in [-0.2, -0.15) is 0 Å². The van der Waals surface area contributed by atoms with Crippen LogP contribution in [0.2, 0.25) is 0 Å². The number of urea groups is 1. The van der Waals surface area contributed by atoms with E-state index in [0.29, 0.717) is 76.2 Å². The van der Waals surface area contributed by atoms with Gasteiger partial charge in [-0.3, -0.25) is 9.59 Å². The van der Waals surface area contributed by atoms with Crippen molar-refractivity contribution in [2.45, 2.75) is 109 Å². The summed E-state index contributed by atoms with van der Waals surface area (Å²) in [6.07, 6.45) is 9.05. The van der Waals surface area contributed by atoms with Crippen molar-refractivity contribution in [3.63, 3.8) is 0 Å². The number of likely N-dealkylation sites (N-methyl/N-ethyl adjacent to an activating group) is 1. The molecule has 1 aromatic carbocycles. The number of hydrogen-bond acceptors (Lipinski definition) is 8. The summed E-state index contributed by atoms with van der Waals surface area (Å²) in [6, 6.07) is 7.77. The summed E-state index contributed by atoms with van der Waals surface area (Å²) < 4.78 is 11.3. The van der Waals surface area contributed by atoms with Crippen LogP contribution in [0.15, 0.2) is 42.9 Å². The zero-order valence-corrected chi connectivity index (χ0v) is 33.7. The number of nitrogens with one attached hydrogen (secondary N) is 2. The maximum atomic E-state index is 14.4. The highest BCUT2D eigenvalue weighted by atomic mass is 16.6. The van der Waals surface area contributed by atoms with Crippen LogP contribution in [0.25, 0.3) is 0 Å². The average molecular weight is 768 g/mol. The predicted octanol–water partition coefficient (Wildman–Crippen LogP) is 4.49. The van der Waals surface area contributed by atoms with Crippen molar-refractivity contribution in [1.29, 1.82) is 0 Å². The summed E-state index contributed by atoms with van der Waals surface area (Å²) >= 11 is 0. The van der Waals surface area contributed by atoms with E-state index in [0.717, 1.165) is 37.7 Å². The molecule has 2 fully saturated rings. The highest BCUT2D eigenvalue weighted by Gasteiger charge is 2.37. The molecular weight excluding hydrogens is 702 g/mol. The maximum absolute atomic E-state index is 14.4. The molecular formula is C41H65N7O7. The van der Waals surface area contributed by atoms with Crippen molar-refractivity contribution < 1.29 is 33.8 Å². The molecule has 1 aliphatic heterocycles. The Morgan fingerprint density at radius 3 is 2.33 bits per heavy atom. The molecule has 2 aliphatic rings. The molecule has 5 amide bonds. The summed E-state index contributed by atoms with van der Waals surface area (Å²) in [6.45, 7) is 7.10. The van der Waals surface area contributed by atoms with Gasteiger partial charge >= 0.3 is 12.1 Å². The fraction of sp³-hybridized carbons (Fsp3) is 0.683. The van der Waals surface area contributed by atoms with E-state index in [2.05, 4.69) is 29.1 Å². The highest BCUT2D eigenvalue weighted by Crippen LogP contribution is 2.29. The lowest BCUT2D eigenvalue weighted by atomic mass is 9.83. The van der Waals surface area contributed by atoms with Crippen LogP contribution in [0.4, 0.5) is 9.59 Å². The van der Waals surface area contributed by atoms with Crippen LogP contribution in [0.5, 0.6) is 0 Å². The Labute approximate surface area is 327 Å². The molecule has 1 saturated carbocycles. The molecule has 2 aromatic rings. The fourth-order valence-corrected chi connectivity index (χ4v) is 7.41. The Hall–Kier alpha value is -4.17. The summed E-state index contributed by atoms with van der Waals surface area (Å²) in [7, 11) is 4.90. The van der Waals surface area contributed by atoms with Gasteiger partial charge < -0.3 is 44.5 Å². The van der Waals surface area contributed by atoms with Crippen LogP contribution < -0.4 is 5.32 Å². The third-order valence-electron chi connectivity index (χ3n) is 10.9. The number of aliphatic hydroxyl groups is 1. The Balaban J connectivity index is 1.48. The highest BCUT2D eigenvalue weighted by molar-refractivity contribution is 5.90.